The summed E-state index contributed by atoms with van der Waals surface area (Å²) in [6, 6.07) is 7.18. The van der Waals surface area contributed by atoms with Crippen molar-refractivity contribution >= 4 is 29.2 Å². The van der Waals surface area contributed by atoms with E-state index in [0.29, 0.717) is 18.0 Å². The van der Waals surface area contributed by atoms with Gasteiger partial charge in [-0.2, -0.15) is 0 Å². The predicted octanol–water partition coefficient (Wildman–Crippen LogP) is 1.34. The average Bonchev–Trinajstić information content (AvgIpc) is 2.45. The molecule has 2 rings (SSSR count). The molecule has 0 saturated heterocycles. The van der Waals surface area contributed by atoms with Crippen molar-refractivity contribution in [1.29, 1.82) is 0 Å². The molecule has 0 aromatic heterocycles. The van der Waals surface area contributed by atoms with Crippen LogP contribution in [-0.4, -0.2) is 37.5 Å². The highest BCUT2D eigenvalue weighted by molar-refractivity contribution is 6.10. The largest absolute Gasteiger partial charge is 0.466 e. The predicted molar refractivity (Wildman–Crippen MR) is 78.1 cm³/mol. The minimum atomic E-state index is -0.336. The second kappa shape index (κ2) is 6.39. The number of hydrogen-bond donors (Lipinski definition) is 0. The van der Waals surface area contributed by atoms with Crippen molar-refractivity contribution in [3.8, 4) is 0 Å². The lowest BCUT2D eigenvalue weighted by Crippen LogP contribution is -2.48. The number of amides is 2. The Bertz CT molecular complexity index is 571. The van der Waals surface area contributed by atoms with Gasteiger partial charge in [0.15, 0.2) is 0 Å². The summed E-state index contributed by atoms with van der Waals surface area (Å²) in [5.74, 6) is -0.717. The molecule has 112 valence electrons. The Kier molecular flexibility index (Phi) is 4.57. The van der Waals surface area contributed by atoms with Gasteiger partial charge in [0.25, 0.3) is 0 Å². The summed E-state index contributed by atoms with van der Waals surface area (Å²) < 4.78 is 4.87. The van der Waals surface area contributed by atoms with Crippen LogP contribution in [0.2, 0.25) is 0 Å². The molecule has 21 heavy (non-hydrogen) atoms. The van der Waals surface area contributed by atoms with Crippen molar-refractivity contribution in [1.82, 2.24) is 0 Å². The number of rotatable bonds is 4. The molecule has 2 amide bonds. The Morgan fingerprint density at radius 3 is 2.52 bits per heavy atom. The normalized spacial score (nSPS) is 13.9. The average molecular weight is 290 g/mol. The first-order chi connectivity index (χ1) is 10.0. The molecule has 1 aromatic rings. The number of nitrogens with zero attached hydrogens (tertiary/aromatic N) is 2. The smallest absolute Gasteiger partial charge is 0.307 e. The van der Waals surface area contributed by atoms with E-state index in [9.17, 15) is 14.4 Å². The highest BCUT2D eigenvalue weighted by atomic mass is 16.5. The van der Waals surface area contributed by atoms with E-state index in [1.807, 2.05) is 6.07 Å². The first-order valence-corrected chi connectivity index (χ1v) is 6.87. The molecule has 0 N–H and O–H groups in total. The number of para-hydroxylation sites is 2. The van der Waals surface area contributed by atoms with Crippen LogP contribution in [0.5, 0.6) is 0 Å². The van der Waals surface area contributed by atoms with Crippen LogP contribution in [0.4, 0.5) is 11.4 Å². The summed E-state index contributed by atoms with van der Waals surface area (Å²) in [4.78, 5) is 38.3. The van der Waals surface area contributed by atoms with E-state index in [4.69, 9.17) is 4.74 Å². The van der Waals surface area contributed by atoms with E-state index in [1.165, 1.54) is 16.7 Å². The summed E-state index contributed by atoms with van der Waals surface area (Å²) in [5.41, 5.74) is 1.33. The van der Waals surface area contributed by atoms with Crippen LogP contribution < -0.4 is 9.80 Å². The number of carbonyl (C=O) groups excluding carboxylic acids is 3. The second-order valence-electron chi connectivity index (χ2n) is 4.69. The highest BCUT2D eigenvalue weighted by Gasteiger charge is 2.30. The van der Waals surface area contributed by atoms with Crippen molar-refractivity contribution in [2.75, 3.05) is 29.5 Å². The number of hydrogen-bond acceptors (Lipinski definition) is 4. The molecule has 0 spiro atoms. The number of anilines is 2. The van der Waals surface area contributed by atoms with Crippen LogP contribution in [0, 0.1) is 0 Å². The van der Waals surface area contributed by atoms with Gasteiger partial charge in [-0.05, 0) is 19.1 Å². The molecule has 0 radical (unpaired) electrons. The Balaban J connectivity index is 2.22. The van der Waals surface area contributed by atoms with Crippen LogP contribution in [0.25, 0.3) is 0 Å². The molecule has 1 aliphatic heterocycles. The zero-order valence-corrected chi connectivity index (χ0v) is 12.2. The number of carbonyl (C=O) groups is 3. The molecule has 0 atom stereocenters. The van der Waals surface area contributed by atoms with Gasteiger partial charge in [-0.1, -0.05) is 12.1 Å². The molecule has 1 aliphatic rings. The zero-order chi connectivity index (χ0) is 15.4. The van der Waals surface area contributed by atoms with Crippen LogP contribution in [-0.2, 0) is 19.1 Å². The molecule has 1 heterocycles. The number of benzene rings is 1. The fourth-order valence-corrected chi connectivity index (χ4v) is 2.32. The third kappa shape index (κ3) is 3.21. The van der Waals surface area contributed by atoms with E-state index < -0.39 is 0 Å². The molecular weight excluding hydrogens is 272 g/mol. The third-order valence-corrected chi connectivity index (χ3v) is 3.28. The maximum Gasteiger partial charge on any atom is 0.307 e. The van der Waals surface area contributed by atoms with Crippen molar-refractivity contribution in [2.24, 2.45) is 0 Å². The lowest BCUT2D eigenvalue weighted by molar-refractivity contribution is -0.142. The van der Waals surface area contributed by atoms with Crippen molar-refractivity contribution in [2.45, 2.75) is 20.3 Å². The Morgan fingerprint density at radius 1 is 1.24 bits per heavy atom. The molecule has 0 fully saturated rings. The molecule has 6 nitrogen and oxygen atoms in total. The van der Waals surface area contributed by atoms with Gasteiger partial charge < -0.3 is 14.5 Å². The standard InChI is InChI=1S/C15H18N2O4/c1-3-21-15(20)8-9-16-12-6-4-5-7-13(12)17(11(2)18)10-14(16)19/h4-7H,3,8-10H2,1-2H3. The first-order valence-electron chi connectivity index (χ1n) is 6.87. The van der Waals surface area contributed by atoms with Gasteiger partial charge >= 0.3 is 5.97 Å². The van der Waals surface area contributed by atoms with Crippen molar-refractivity contribution < 1.29 is 19.1 Å². The zero-order valence-electron chi connectivity index (χ0n) is 12.2. The van der Waals surface area contributed by atoms with Gasteiger partial charge in [-0.3, -0.25) is 14.4 Å². The first kappa shape index (κ1) is 15.0. The summed E-state index contributed by atoms with van der Waals surface area (Å²) in [6.07, 6.45) is 0.133. The lowest BCUT2D eigenvalue weighted by atomic mass is 10.1. The van der Waals surface area contributed by atoms with Gasteiger partial charge in [0.05, 0.1) is 24.4 Å². The van der Waals surface area contributed by atoms with Crippen LogP contribution in [0.15, 0.2) is 24.3 Å². The van der Waals surface area contributed by atoms with Gasteiger partial charge in [-0.25, -0.2) is 0 Å². The fourth-order valence-electron chi connectivity index (χ4n) is 2.32. The summed E-state index contributed by atoms with van der Waals surface area (Å²) >= 11 is 0. The lowest BCUT2D eigenvalue weighted by Gasteiger charge is -2.35. The van der Waals surface area contributed by atoms with E-state index in [2.05, 4.69) is 0 Å². The number of ether oxygens (including phenoxy) is 1. The van der Waals surface area contributed by atoms with Crippen LogP contribution in [0.3, 0.4) is 0 Å². The van der Waals surface area contributed by atoms with E-state index in [-0.39, 0.29) is 37.3 Å². The Hall–Kier alpha value is -2.37. The van der Waals surface area contributed by atoms with Gasteiger partial charge in [0, 0.05) is 13.5 Å². The Morgan fingerprint density at radius 2 is 1.90 bits per heavy atom. The molecule has 0 saturated carbocycles. The number of esters is 1. The molecule has 0 aliphatic carbocycles. The van der Waals surface area contributed by atoms with E-state index in [1.54, 1.807) is 25.1 Å². The highest BCUT2D eigenvalue weighted by Crippen LogP contribution is 2.33. The SMILES string of the molecule is CCOC(=O)CCN1C(=O)CN(C(C)=O)c2ccccc21. The number of fused-ring (bicyclic) bond motifs is 1. The van der Waals surface area contributed by atoms with Crippen LogP contribution in [0.1, 0.15) is 20.3 Å². The minimum absolute atomic E-state index is 0.00479. The van der Waals surface area contributed by atoms with Gasteiger partial charge in [0.2, 0.25) is 11.8 Å². The maximum absolute atomic E-state index is 12.2. The molecular formula is C15H18N2O4. The quantitative estimate of drug-likeness (QED) is 0.785. The molecule has 6 heteroatoms. The topological polar surface area (TPSA) is 66.9 Å². The summed E-state index contributed by atoms with van der Waals surface area (Å²) in [6.45, 7) is 3.74. The van der Waals surface area contributed by atoms with E-state index >= 15 is 0 Å². The molecule has 0 unspecified atom stereocenters. The monoisotopic (exact) mass is 290 g/mol. The van der Waals surface area contributed by atoms with Crippen molar-refractivity contribution in [3.05, 3.63) is 24.3 Å². The fraction of sp³-hybridized carbons (Fsp3) is 0.400. The third-order valence-electron chi connectivity index (χ3n) is 3.28. The molecule has 1 aromatic carbocycles. The van der Waals surface area contributed by atoms with Gasteiger partial charge in [-0.15, -0.1) is 0 Å². The maximum atomic E-state index is 12.2. The molecule has 0 bridgehead atoms. The van der Waals surface area contributed by atoms with Crippen molar-refractivity contribution in [3.63, 3.8) is 0 Å². The Labute approximate surface area is 123 Å². The summed E-state index contributed by atoms with van der Waals surface area (Å²) in [5, 5.41) is 0. The minimum Gasteiger partial charge on any atom is -0.466 e. The summed E-state index contributed by atoms with van der Waals surface area (Å²) in [7, 11) is 0. The van der Waals surface area contributed by atoms with Gasteiger partial charge in [0.1, 0.15) is 6.54 Å². The second-order valence-corrected chi connectivity index (χ2v) is 4.69. The van der Waals surface area contributed by atoms with E-state index in [0.717, 1.165) is 0 Å². The van der Waals surface area contributed by atoms with Crippen LogP contribution >= 0.6 is 0 Å².